The summed E-state index contributed by atoms with van der Waals surface area (Å²) in [5, 5.41) is 17.3. The van der Waals surface area contributed by atoms with Crippen LogP contribution < -0.4 is 16.4 Å². The van der Waals surface area contributed by atoms with Crippen molar-refractivity contribution >= 4 is 41.4 Å². The molecule has 12 nitrogen and oxygen atoms in total. The first kappa shape index (κ1) is 59.0. The van der Waals surface area contributed by atoms with Crippen LogP contribution in [0.3, 0.4) is 0 Å². The van der Waals surface area contributed by atoms with Crippen molar-refractivity contribution in [1.82, 2.24) is 20.5 Å². The number of unbranched alkanes of at least 4 members (excludes halogenated alkanes) is 3. The summed E-state index contributed by atoms with van der Waals surface area (Å²) < 4.78 is 5.44. The fourth-order valence-corrected chi connectivity index (χ4v) is 5.94. The van der Waals surface area contributed by atoms with E-state index in [-0.39, 0.29) is 35.7 Å². The number of carbonyl (C=O) groups is 5. The van der Waals surface area contributed by atoms with E-state index in [4.69, 9.17) is 15.6 Å². The van der Waals surface area contributed by atoms with Crippen LogP contribution in [-0.4, -0.2) is 84.8 Å². The number of rotatable bonds is 24. The van der Waals surface area contributed by atoms with Gasteiger partial charge >= 0.3 is 11.9 Å². The highest BCUT2D eigenvalue weighted by Crippen LogP contribution is 2.30. The predicted octanol–water partition coefficient (Wildman–Crippen LogP) is 8.69. The molecule has 0 spiro atoms. The van der Waals surface area contributed by atoms with Gasteiger partial charge in [-0.3, -0.25) is 24.0 Å². The number of esters is 1. The van der Waals surface area contributed by atoms with Crippen LogP contribution in [0.5, 0.6) is 0 Å². The summed E-state index contributed by atoms with van der Waals surface area (Å²) in [4.78, 5) is 61.8. The van der Waals surface area contributed by atoms with E-state index in [0.29, 0.717) is 42.7 Å². The Labute approximate surface area is 344 Å². The Morgan fingerprint density at radius 1 is 1.04 bits per heavy atom. The Morgan fingerprint density at radius 3 is 2.09 bits per heavy atom. The molecule has 324 valence electrons. The van der Waals surface area contributed by atoms with Crippen LogP contribution in [0.1, 0.15) is 155 Å². The van der Waals surface area contributed by atoms with E-state index in [1.165, 1.54) is 18.3 Å². The first-order valence-electron chi connectivity index (χ1n) is 20.2. The first-order chi connectivity index (χ1) is 26.6. The van der Waals surface area contributed by atoms with E-state index in [1.54, 1.807) is 30.3 Å². The third kappa shape index (κ3) is 31.5. The molecule has 1 aromatic rings. The van der Waals surface area contributed by atoms with Crippen molar-refractivity contribution in [2.45, 2.75) is 152 Å². The topological polar surface area (TPSA) is 181 Å². The number of aldehydes is 1. The maximum absolute atomic E-state index is 12.4. The molecule has 0 saturated heterocycles. The Morgan fingerprint density at radius 2 is 1.66 bits per heavy atom. The predicted molar refractivity (Wildman–Crippen MR) is 234 cm³/mol. The number of aromatic nitrogens is 1. The molecule has 56 heavy (non-hydrogen) atoms. The molecule has 0 aliphatic heterocycles. The zero-order valence-corrected chi connectivity index (χ0v) is 37.9. The second-order valence-corrected chi connectivity index (χ2v) is 13.9. The summed E-state index contributed by atoms with van der Waals surface area (Å²) >= 11 is 1.29. The second kappa shape index (κ2) is 39.6. The van der Waals surface area contributed by atoms with Gasteiger partial charge in [0.05, 0.1) is 5.92 Å². The maximum Gasteiger partial charge on any atom is 0.306 e. The molecule has 2 amide bonds. The summed E-state index contributed by atoms with van der Waals surface area (Å²) in [5.74, 6) is -1.39. The van der Waals surface area contributed by atoms with Gasteiger partial charge in [0.2, 0.25) is 11.8 Å². The highest BCUT2D eigenvalue weighted by atomic mass is 32.1. The fourth-order valence-electron chi connectivity index (χ4n) is 5.14. The zero-order chi connectivity index (χ0) is 44.1. The fraction of sp³-hybridized carbons (Fsp3) is 0.674. The second-order valence-electron chi connectivity index (χ2n) is 13.0. The Kier molecular flexibility index (Phi) is 41.7. The van der Waals surface area contributed by atoms with Crippen LogP contribution in [0.4, 0.5) is 0 Å². The monoisotopic (exact) mass is 810 g/mol. The molecule has 0 fully saturated rings. The molecule has 0 saturated carbocycles. The number of allylic oxidation sites excluding steroid dienone is 4. The molecule has 4 unspecified atom stereocenters. The van der Waals surface area contributed by atoms with Crippen LogP contribution in [0.2, 0.25) is 0 Å². The van der Waals surface area contributed by atoms with Gasteiger partial charge < -0.3 is 31.1 Å². The lowest BCUT2D eigenvalue weighted by Crippen LogP contribution is -2.41. The minimum absolute atomic E-state index is 0.0858. The third-order valence-corrected chi connectivity index (χ3v) is 9.07. The molecular weight excluding hydrogens is 731 g/mol. The van der Waals surface area contributed by atoms with Crippen molar-refractivity contribution in [1.29, 1.82) is 0 Å². The van der Waals surface area contributed by atoms with Gasteiger partial charge in [-0.25, -0.2) is 4.98 Å². The SMILES string of the molecule is C=C/C=C(\C=C/C)CC(CC(C)C(=O)O)NC.CC.CC.CCCCC(=O)N(C)C(CC(OC(C)=O)c1nc(C=O)cs1)C(C)C.CNCCCCCC(N)=O. The Bertz CT molecular complexity index is 1250. The summed E-state index contributed by atoms with van der Waals surface area (Å²) in [5.41, 5.74) is 6.43. The molecule has 1 heterocycles. The number of carboxylic acid groups (broad SMARTS) is 1. The van der Waals surface area contributed by atoms with Crippen LogP contribution in [-0.2, 0) is 23.9 Å². The van der Waals surface area contributed by atoms with Gasteiger partial charge in [0.25, 0.3) is 0 Å². The lowest BCUT2D eigenvalue weighted by Gasteiger charge is -2.33. The number of aliphatic carboxylic acids is 1. The highest BCUT2D eigenvalue weighted by molar-refractivity contribution is 7.09. The number of hydrogen-bond donors (Lipinski definition) is 4. The van der Waals surface area contributed by atoms with Crippen molar-refractivity contribution in [3.63, 3.8) is 0 Å². The molecule has 0 aliphatic carbocycles. The van der Waals surface area contributed by atoms with Crippen molar-refractivity contribution in [2.24, 2.45) is 17.6 Å². The van der Waals surface area contributed by atoms with Crippen molar-refractivity contribution in [2.75, 3.05) is 27.7 Å². The number of nitrogens with two attached hydrogens (primary N) is 1. The highest BCUT2D eigenvalue weighted by Gasteiger charge is 2.30. The van der Waals surface area contributed by atoms with Crippen LogP contribution in [0, 0.1) is 11.8 Å². The normalized spacial score (nSPS) is 12.7. The van der Waals surface area contributed by atoms with E-state index in [1.807, 2.05) is 80.8 Å². The minimum atomic E-state index is -0.745. The number of primary amides is 1. The van der Waals surface area contributed by atoms with E-state index in [0.717, 1.165) is 50.6 Å². The van der Waals surface area contributed by atoms with Crippen LogP contribution in [0.25, 0.3) is 0 Å². The number of amides is 2. The smallest absolute Gasteiger partial charge is 0.306 e. The van der Waals surface area contributed by atoms with Gasteiger partial charge in [-0.15, -0.1) is 11.3 Å². The zero-order valence-electron chi connectivity index (χ0n) is 37.1. The van der Waals surface area contributed by atoms with E-state index in [2.05, 4.69) is 29.1 Å². The maximum atomic E-state index is 12.4. The van der Waals surface area contributed by atoms with Gasteiger partial charge in [-0.2, -0.15) is 0 Å². The van der Waals surface area contributed by atoms with Crippen molar-refractivity contribution in [3.05, 3.63) is 52.5 Å². The van der Waals surface area contributed by atoms with Gasteiger partial charge in [0.15, 0.2) is 12.4 Å². The van der Waals surface area contributed by atoms with Crippen molar-refractivity contribution < 1.29 is 33.8 Å². The molecule has 4 atom stereocenters. The van der Waals surface area contributed by atoms with E-state index >= 15 is 0 Å². The molecular formula is C43H79N5O7S. The summed E-state index contributed by atoms with van der Waals surface area (Å²) in [6, 6.07) is 0.0841. The standard InChI is InChI=1S/C18H28N2O4S.C14H23NO2.C7H16N2O.2C2H6/c1-6-7-8-17(23)20(5)15(12(2)3)9-16(24-13(4)22)18-19-14(10-21)11-25-18;1-5-7-12(8-6-2)10-13(15-4)9-11(3)14(16)17;1-9-6-4-2-3-5-7(8)10;2*1-2/h10-12,15-16H,6-9H2,1-5H3;5-8,11,13,15H,1,9-10H2,2-4H3,(H,16,17);9H,2-6H2,1H3,(H2,8,10);2*1-2H3/b;8-6-,12-7+;;;. The molecule has 1 rings (SSSR count). The van der Waals surface area contributed by atoms with Crippen LogP contribution in [0.15, 0.2) is 41.8 Å². The largest absolute Gasteiger partial charge is 0.481 e. The Balaban J connectivity index is -0.000000377. The van der Waals surface area contributed by atoms with Gasteiger partial charge in [0.1, 0.15) is 10.7 Å². The molecule has 0 aromatic carbocycles. The molecule has 13 heteroatoms. The number of carbonyl (C=O) groups excluding carboxylic acids is 4. The molecule has 0 bridgehead atoms. The van der Waals surface area contributed by atoms with Gasteiger partial charge in [-0.1, -0.05) is 99.1 Å². The molecule has 5 N–H and O–H groups in total. The molecule has 0 aliphatic rings. The first-order valence-corrected chi connectivity index (χ1v) is 21.1. The summed E-state index contributed by atoms with van der Waals surface area (Å²) in [6.07, 6.45) is 15.7. The van der Waals surface area contributed by atoms with Gasteiger partial charge in [-0.05, 0) is 71.2 Å². The third-order valence-electron chi connectivity index (χ3n) is 8.12. The Hall–Kier alpha value is -3.68. The molecule has 0 radical (unpaired) electrons. The lowest BCUT2D eigenvalue weighted by atomic mass is 9.96. The summed E-state index contributed by atoms with van der Waals surface area (Å²) in [7, 11) is 5.58. The molecule has 1 aromatic heterocycles. The van der Waals surface area contributed by atoms with Gasteiger partial charge in [0, 0.05) is 50.7 Å². The number of nitrogens with zero attached hydrogens (tertiary/aromatic N) is 2. The number of nitrogens with one attached hydrogen (secondary N) is 2. The lowest BCUT2D eigenvalue weighted by molar-refractivity contribution is -0.148. The average Bonchev–Trinajstić information content (AvgIpc) is 3.66. The van der Waals surface area contributed by atoms with Crippen LogP contribution >= 0.6 is 11.3 Å². The minimum Gasteiger partial charge on any atom is -0.481 e. The quantitative estimate of drug-likeness (QED) is 0.0341. The van der Waals surface area contributed by atoms with Crippen molar-refractivity contribution in [3.8, 4) is 0 Å². The summed E-state index contributed by atoms with van der Waals surface area (Å²) in [6.45, 7) is 23.9. The number of carboxylic acids is 1. The average molecular weight is 810 g/mol. The number of ether oxygens (including phenoxy) is 1. The van der Waals surface area contributed by atoms with E-state index < -0.39 is 18.0 Å². The number of hydrogen-bond acceptors (Lipinski definition) is 10. The van der Waals surface area contributed by atoms with E-state index in [9.17, 15) is 24.0 Å². The number of thiazole rings is 1.